The zero-order valence-electron chi connectivity index (χ0n) is 10.3. The lowest BCUT2D eigenvalue weighted by atomic mass is 10.1. The molecule has 0 saturated carbocycles. The van der Waals surface area contributed by atoms with E-state index in [1.807, 2.05) is 0 Å². The lowest BCUT2D eigenvalue weighted by Gasteiger charge is -2.19. The molecule has 16 heavy (non-hydrogen) atoms. The molecule has 1 unspecified atom stereocenters. The number of carbonyl (C=O) groups is 2. The molecule has 1 aliphatic rings. The third-order valence-corrected chi connectivity index (χ3v) is 2.51. The van der Waals surface area contributed by atoms with Crippen molar-refractivity contribution in [1.82, 2.24) is 5.32 Å². The van der Waals surface area contributed by atoms with Crippen LogP contribution in [-0.4, -0.2) is 29.9 Å². The summed E-state index contributed by atoms with van der Waals surface area (Å²) < 4.78 is 5.01. The van der Waals surface area contributed by atoms with Gasteiger partial charge in [0.25, 0.3) is 0 Å². The number of carbonyl (C=O) groups excluding carboxylic acids is 2. The van der Waals surface area contributed by atoms with Gasteiger partial charge in [0, 0.05) is 12.5 Å². The lowest BCUT2D eigenvalue weighted by Crippen LogP contribution is -2.30. The zero-order chi connectivity index (χ0) is 12.2. The molecular formula is C12H21NO3. The van der Waals surface area contributed by atoms with Gasteiger partial charge in [0.2, 0.25) is 5.78 Å². The summed E-state index contributed by atoms with van der Waals surface area (Å²) in [5, 5.41) is 3.29. The largest absolute Gasteiger partial charge is 0.454 e. The third-order valence-electron chi connectivity index (χ3n) is 2.51. The molecule has 4 heteroatoms. The van der Waals surface area contributed by atoms with Crippen molar-refractivity contribution in [3.05, 3.63) is 0 Å². The minimum absolute atomic E-state index is 0.284. The second kappa shape index (κ2) is 5.43. The first-order chi connectivity index (χ1) is 7.38. The Morgan fingerprint density at radius 3 is 2.56 bits per heavy atom. The van der Waals surface area contributed by atoms with Crippen molar-refractivity contribution in [2.45, 2.75) is 58.1 Å². The lowest BCUT2D eigenvalue weighted by molar-refractivity contribution is -0.162. The Hall–Kier alpha value is -0.900. The van der Waals surface area contributed by atoms with Crippen LogP contribution >= 0.6 is 0 Å². The van der Waals surface area contributed by atoms with Crippen molar-refractivity contribution in [3.63, 3.8) is 0 Å². The molecule has 4 nitrogen and oxygen atoms in total. The van der Waals surface area contributed by atoms with Gasteiger partial charge in [-0.2, -0.15) is 0 Å². The number of hydrogen-bond donors (Lipinski definition) is 1. The Labute approximate surface area is 96.7 Å². The standard InChI is InChI=1S/C12H21NO3/c1-12(2,3)16-11(15)10(14)7-6-9-5-4-8-13-9/h9,13H,4-8H2,1-3H3. The number of esters is 1. The van der Waals surface area contributed by atoms with Gasteiger partial charge < -0.3 is 10.1 Å². The van der Waals surface area contributed by atoms with E-state index in [2.05, 4.69) is 5.32 Å². The molecule has 92 valence electrons. The van der Waals surface area contributed by atoms with Gasteiger partial charge in [0.05, 0.1) is 0 Å². The highest BCUT2D eigenvalue weighted by atomic mass is 16.6. The summed E-state index contributed by atoms with van der Waals surface area (Å²) in [5.74, 6) is -1.12. The van der Waals surface area contributed by atoms with E-state index in [4.69, 9.17) is 4.74 Å². The van der Waals surface area contributed by atoms with Gasteiger partial charge in [-0.1, -0.05) is 0 Å². The molecule has 1 atom stereocenters. The Bertz CT molecular complexity index is 262. The fraction of sp³-hybridized carbons (Fsp3) is 0.833. The van der Waals surface area contributed by atoms with Crippen LogP contribution in [0, 0.1) is 0 Å². The Morgan fingerprint density at radius 1 is 1.38 bits per heavy atom. The number of Topliss-reactive ketones (excluding diaryl/α,β-unsaturated/α-hetero) is 1. The van der Waals surface area contributed by atoms with Crippen LogP contribution in [0.2, 0.25) is 0 Å². The van der Waals surface area contributed by atoms with Crippen molar-refractivity contribution in [1.29, 1.82) is 0 Å². The SMILES string of the molecule is CC(C)(C)OC(=O)C(=O)CCC1CCCN1. The van der Waals surface area contributed by atoms with E-state index in [1.165, 1.54) is 0 Å². The summed E-state index contributed by atoms with van der Waals surface area (Å²) >= 11 is 0. The normalized spacial score (nSPS) is 20.8. The molecule has 0 aliphatic carbocycles. The predicted molar refractivity (Wildman–Crippen MR) is 61.1 cm³/mol. The molecular weight excluding hydrogens is 206 g/mol. The van der Waals surface area contributed by atoms with Gasteiger partial charge >= 0.3 is 5.97 Å². The minimum atomic E-state index is -0.703. The van der Waals surface area contributed by atoms with Crippen molar-refractivity contribution in [3.8, 4) is 0 Å². The van der Waals surface area contributed by atoms with Crippen molar-refractivity contribution in [2.24, 2.45) is 0 Å². The molecule has 1 heterocycles. The smallest absolute Gasteiger partial charge is 0.375 e. The van der Waals surface area contributed by atoms with Gasteiger partial charge in [-0.15, -0.1) is 0 Å². The number of ketones is 1. The van der Waals surface area contributed by atoms with E-state index in [-0.39, 0.29) is 6.42 Å². The van der Waals surface area contributed by atoms with Crippen LogP contribution < -0.4 is 5.32 Å². The summed E-state index contributed by atoms with van der Waals surface area (Å²) in [6.45, 7) is 6.30. The second-order valence-electron chi connectivity index (χ2n) is 5.26. The maximum absolute atomic E-state index is 11.5. The molecule has 1 N–H and O–H groups in total. The molecule has 1 saturated heterocycles. The minimum Gasteiger partial charge on any atom is -0.454 e. The average Bonchev–Trinajstić information content (AvgIpc) is 2.63. The van der Waals surface area contributed by atoms with E-state index >= 15 is 0 Å². The summed E-state index contributed by atoms with van der Waals surface area (Å²) in [4.78, 5) is 22.8. The van der Waals surface area contributed by atoms with E-state index in [1.54, 1.807) is 20.8 Å². The monoisotopic (exact) mass is 227 g/mol. The highest BCUT2D eigenvalue weighted by Crippen LogP contribution is 2.12. The van der Waals surface area contributed by atoms with Crippen molar-refractivity contribution in [2.75, 3.05) is 6.54 Å². The van der Waals surface area contributed by atoms with E-state index in [0.29, 0.717) is 6.04 Å². The van der Waals surface area contributed by atoms with Crippen LogP contribution in [0.15, 0.2) is 0 Å². The first-order valence-corrected chi connectivity index (χ1v) is 5.88. The Kier molecular flexibility index (Phi) is 4.47. The Balaban J connectivity index is 2.26. The van der Waals surface area contributed by atoms with Crippen molar-refractivity contribution < 1.29 is 14.3 Å². The molecule has 1 aliphatic heterocycles. The second-order valence-corrected chi connectivity index (χ2v) is 5.26. The highest BCUT2D eigenvalue weighted by Gasteiger charge is 2.24. The van der Waals surface area contributed by atoms with Crippen molar-refractivity contribution >= 4 is 11.8 Å². The van der Waals surface area contributed by atoms with E-state index in [0.717, 1.165) is 25.8 Å². The summed E-state index contributed by atoms with van der Waals surface area (Å²) in [6, 6.07) is 0.395. The molecule has 1 fully saturated rings. The summed E-state index contributed by atoms with van der Waals surface area (Å²) in [6.07, 6.45) is 3.28. The van der Waals surface area contributed by atoms with E-state index in [9.17, 15) is 9.59 Å². The first kappa shape index (κ1) is 13.2. The van der Waals surface area contributed by atoms with Gasteiger partial charge in [-0.25, -0.2) is 4.79 Å². The Morgan fingerprint density at radius 2 is 2.06 bits per heavy atom. The van der Waals surface area contributed by atoms with Crippen LogP contribution in [0.1, 0.15) is 46.5 Å². The summed E-state index contributed by atoms with van der Waals surface area (Å²) in [7, 11) is 0. The van der Waals surface area contributed by atoms with Gasteiger partial charge in [0.15, 0.2) is 0 Å². The average molecular weight is 227 g/mol. The number of ether oxygens (including phenoxy) is 1. The van der Waals surface area contributed by atoms with Gasteiger partial charge in [-0.05, 0) is 46.6 Å². The number of nitrogens with one attached hydrogen (secondary N) is 1. The highest BCUT2D eigenvalue weighted by molar-refractivity contribution is 6.33. The van der Waals surface area contributed by atoms with Gasteiger partial charge in [-0.3, -0.25) is 4.79 Å². The quantitative estimate of drug-likeness (QED) is 0.583. The van der Waals surface area contributed by atoms with Crippen LogP contribution in [0.4, 0.5) is 0 Å². The molecule has 0 bridgehead atoms. The van der Waals surface area contributed by atoms with Gasteiger partial charge in [0.1, 0.15) is 5.60 Å². The maximum atomic E-state index is 11.5. The van der Waals surface area contributed by atoms with Crippen LogP contribution in [0.5, 0.6) is 0 Å². The topological polar surface area (TPSA) is 55.4 Å². The zero-order valence-corrected chi connectivity index (χ0v) is 10.3. The first-order valence-electron chi connectivity index (χ1n) is 5.88. The molecule has 0 aromatic carbocycles. The molecule has 0 aromatic heterocycles. The molecule has 0 amide bonds. The number of rotatable bonds is 4. The van der Waals surface area contributed by atoms with E-state index < -0.39 is 17.4 Å². The van der Waals surface area contributed by atoms with Crippen LogP contribution in [0.3, 0.4) is 0 Å². The number of hydrogen-bond acceptors (Lipinski definition) is 4. The molecule has 1 rings (SSSR count). The van der Waals surface area contributed by atoms with Crippen LogP contribution in [-0.2, 0) is 14.3 Å². The maximum Gasteiger partial charge on any atom is 0.375 e. The molecule has 0 spiro atoms. The fourth-order valence-corrected chi connectivity index (χ4v) is 1.75. The summed E-state index contributed by atoms with van der Waals surface area (Å²) in [5.41, 5.74) is -0.585. The predicted octanol–water partition coefficient (Wildman–Crippen LogP) is 1.43. The third kappa shape index (κ3) is 4.75. The fourth-order valence-electron chi connectivity index (χ4n) is 1.75. The molecule has 0 radical (unpaired) electrons. The molecule has 0 aromatic rings. The van der Waals surface area contributed by atoms with Crippen LogP contribution in [0.25, 0.3) is 0 Å².